The van der Waals surface area contributed by atoms with Crippen molar-refractivity contribution in [3.05, 3.63) is 326 Å². The number of carbonyl (C=O) groups is 6. The number of fused-ring (bicyclic) bond motifs is 10. The number of ether oxygens (including phenoxy) is 6. The lowest BCUT2D eigenvalue weighted by Gasteiger charge is -2.34. The lowest BCUT2D eigenvalue weighted by Crippen LogP contribution is -2.42. The summed E-state index contributed by atoms with van der Waals surface area (Å²) in [6, 6.07) is 74.5. The maximum Gasteiger partial charge on any atom is 0.338 e. The van der Waals surface area contributed by atoms with Crippen molar-refractivity contribution in [3.8, 4) is 102 Å². The van der Waals surface area contributed by atoms with Gasteiger partial charge in [0, 0.05) is 48.7 Å². The summed E-state index contributed by atoms with van der Waals surface area (Å²) in [7, 11) is 0. The molecule has 0 saturated carbocycles. The van der Waals surface area contributed by atoms with Crippen molar-refractivity contribution in [2.45, 2.75) is 231 Å². The summed E-state index contributed by atoms with van der Waals surface area (Å²) in [5, 5.41) is 12.8. The van der Waals surface area contributed by atoms with E-state index in [4.69, 9.17) is 28.4 Å². The van der Waals surface area contributed by atoms with Crippen LogP contribution in [0, 0.1) is 12.3 Å². The van der Waals surface area contributed by atoms with Crippen LogP contribution < -0.4 is 38.2 Å². The number of esters is 2. The van der Waals surface area contributed by atoms with Crippen LogP contribution in [0.5, 0.6) is 57.5 Å². The first kappa shape index (κ1) is 97.2. The van der Waals surface area contributed by atoms with Gasteiger partial charge in [0.25, 0.3) is 23.6 Å². The minimum Gasteiger partial charge on any atom is -0.457 e. The molecular formula is C134H124N2O12. The van der Waals surface area contributed by atoms with Gasteiger partial charge in [0.1, 0.15) is 57.5 Å². The van der Waals surface area contributed by atoms with Gasteiger partial charge in [0.2, 0.25) is 0 Å². The van der Waals surface area contributed by atoms with Gasteiger partial charge in [0.15, 0.2) is 0 Å². The van der Waals surface area contributed by atoms with Gasteiger partial charge in [-0.2, -0.15) is 0 Å². The summed E-state index contributed by atoms with van der Waals surface area (Å²) in [5.74, 6) is 0.535. The predicted molar refractivity (Wildman–Crippen MR) is 604 cm³/mol. The smallest absolute Gasteiger partial charge is 0.338 e. The molecule has 4 amide bonds. The second kappa shape index (κ2) is 34.6. The molecule has 0 atom stereocenters. The fourth-order valence-electron chi connectivity index (χ4n) is 23.0. The van der Waals surface area contributed by atoms with Gasteiger partial charge in [-0.05, 0) is 356 Å². The number of anilines is 2. The average Bonchev–Trinajstić information content (AvgIpc) is 1.34. The molecule has 0 unspecified atom stereocenters. The van der Waals surface area contributed by atoms with Crippen molar-refractivity contribution in [2.75, 3.05) is 9.80 Å². The highest BCUT2D eigenvalue weighted by Gasteiger charge is 2.46. The molecule has 0 radical (unpaired) electrons. The Balaban J connectivity index is 0.692. The Morgan fingerprint density at radius 1 is 0.304 bits per heavy atom. The Hall–Kier alpha value is -15.5. The zero-order valence-electron chi connectivity index (χ0n) is 89.3. The van der Waals surface area contributed by atoms with Crippen LogP contribution in [0.25, 0.3) is 137 Å². The lowest BCUT2D eigenvalue weighted by molar-refractivity contribution is -0.143. The Morgan fingerprint density at radius 2 is 0.574 bits per heavy atom. The van der Waals surface area contributed by atoms with Crippen molar-refractivity contribution < 1.29 is 57.2 Å². The standard InChI is InChI=1S/C134H124N2O12/c1-28-73-56-99-87-48-52-92-113-93(119-109(146-83-45-37-79(38-46-83)133(22,23)24)66-105-115-104(65-108(118(92)121(115)119)145-82-43-35-78(36-44-82)132(19,20)21)126(139)136(127(105)140)123-96(69(6)7)61-85(62-97(123)70(8)9)148-129(142)134(25,26)27)54-50-89(111(87)113)101(99)58-75(73)30-29-74-57-100-88-49-53-91-112-90(51-47-86(110(88)112)98(100)55-72(74)12)116-106(143-80-39-31-76(32-40-80)130(13,14)15)63-102-114-103(64-107(117(91)120(114)116)144-81-41-33-77(34-42-81)131(16,17)18)125(138)135(124(102)137)122-94(67(2)3)59-84(60-95(122)68(4)5)147-128(141)71(10)11/h28,31-70H,1,10,29-30H2,2-9,11-27H3. The first-order valence-corrected chi connectivity index (χ1v) is 51.9. The van der Waals surface area contributed by atoms with Crippen LogP contribution in [0.4, 0.5) is 11.4 Å². The Bertz CT molecular complexity index is 8550. The fraction of sp³-hybridized carbons (Fsp3) is 0.269. The minimum absolute atomic E-state index is 0.163. The molecule has 2 aliphatic heterocycles. The molecule has 14 heteroatoms. The van der Waals surface area contributed by atoms with Crippen LogP contribution in [-0.4, -0.2) is 35.6 Å². The summed E-state index contributed by atoms with van der Waals surface area (Å²) >= 11 is 0. The topological polar surface area (TPSA) is 164 Å². The van der Waals surface area contributed by atoms with Crippen LogP contribution in [-0.2, 0) is 44.1 Å². The molecular weight excluding hydrogens is 1830 g/mol. The molecule has 2 heterocycles. The van der Waals surface area contributed by atoms with Gasteiger partial charge in [0.05, 0.1) is 39.0 Å². The number of carbonyl (C=O) groups excluding carboxylic acids is 6. The van der Waals surface area contributed by atoms with Crippen molar-refractivity contribution in [1.29, 1.82) is 0 Å². The number of nitrogens with zero attached hydrogens (tertiary/aromatic N) is 2. The normalized spacial score (nSPS) is 13.6. The second-order valence-electron chi connectivity index (χ2n) is 47.7. The molecule has 0 saturated heterocycles. The SMILES string of the molecule is C=Cc1cc2c(cc1CCc1cc3c(cc1C)-c1ccc4c5c(Oc6ccc(C(C)(C)C)cc6)cc6c7c(cc(Oc8ccc(C(C)(C)C)cc8)c(c8ccc-3c1c48)c75)C(=O)N(c1c(C(C)C)cc(OC(=O)C(=C)C)cc1C(C)C)C6=O)-c1ccc3c4c(Oc5ccc(C(C)(C)C)cc5)cc5c6c(cc(Oc7ccc(C(C)(C)C)cc7)c(c7ccc-2c1c73)c64)C(=O)N(c1c(C(C)C)cc(OC(=O)C(C)(C)C)cc1C(C)C)C5=O. The Morgan fingerprint density at radius 3 is 0.851 bits per heavy atom. The number of hydrogen-bond acceptors (Lipinski definition) is 12. The van der Waals surface area contributed by atoms with E-state index < -0.39 is 41.0 Å². The highest BCUT2D eigenvalue weighted by molar-refractivity contribution is 6.48. The average molecular weight is 1950 g/mol. The molecule has 0 aromatic heterocycles. The number of imide groups is 2. The molecule has 18 aromatic rings. The van der Waals surface area contributed by atoms with E-state index in [0.29, 0.717) is 120 Å². The van der Waals surface area contributed by atoms with E-state index in [9.17, 15) is 9.59 Å². The monoisotopic (exact) mass is 1950 g/mol. The minimum atomic E-state index is -0.812. The number of benzene rings is 18. The fourth-order valence-corrected chi connectivity index (χ4v) is 23.0. The molecule has 742 valence electrons. The van der Waals surface area contributed by atoms with E-state index in [0.717, 1.165) is 148 Å². The molecule has 22 rings (SSSR count). The van der Waals surface area contributed by atoms with Crippen molar-refractivity contribution in [2.24, 2.45) is 5.41 Å². The first-order chi connectivity index (χ1) is 70.0. The number of amides is 4. The summed E-state index contributed by atoms with van der Waals surface area (Å²) in [4.78, 5) is 96.0. The van der Waals surface area contributed by atoms with E-state index in [2.05, 4.69) is 224 Å². The highest BCUT2D eigenvalue weighted by atomic mass is 16.5. The summed E-state index contributed by atoms with van der Waals surface area (Å²) in [6.07, 6.45) is 3.36. The zero-order chi connectivity index (χ0) is 105. The van der Waals surface area contributed by atoms with E-state index in [1.54, 1.807) is 19.1 Å². The third-order valence-corrected chi connectivity index (χ3v) is 31.0. The van der Waals surface area contributed by atoms with Crippen LogP contribution in [0.3, 0.4) is 0 Å². The van der Waals surface area contributed by atoms with Crippen molar-refractivity contribution in [3.63, 3.8) is 0 Å². The van der Waals surface area contributed by atoms with Crippen LogP contribution in [0.15, 0.2) is 237 Å². The van der Waals surface area contributed by atoms with Crippen LogP contribution >= 0.6 is 0 Å². The third kappa shape index (κ3) is 15.7. The molecule has 0 fully saturated rings. The van der Waals surface area contributed by atoms with Gasteiger partial charge in [-0.25, -0.2) is 14.6 Å². The van der Waals surface area contributed by atoms with Gasteiger partial charge >= 0.3 is 11.9 Å². The highest BCUT2D eigenvalue weighted by Crippen LogP contribution is 2.62. The molecule has 0 bridgehead atoms. The van der Waals surface area contributed by atoms with E-state index >= 15 is 19.2 Å². The van der Waals surface area contributed by atoms with E-state index in [1.807, 2.05) is 167 Å². The quantitative estimate of drug-likeness (QED) is 0.0167. The molecule has 0 spiro atoms. The Labute approximate surface area is 865 Å². The first-order valence-electron chi connectivity index (χ1n) is 51.9. The van der Waals surface area contributed by atoms with Gasteiger partial charge in [-0.3, -0.25) is 24.0 Å². The summed E-state index contributed by atoms with van der Waals surface area (Å²) in [5.41, 5.74) is 21.1. The van der Waals surface area contributed by atoms with Crippen LogP contribution in [0.1, 0.15) is 298 Å². The third-order valence-electron chi connectivity index (χ3n) is 31.0. The van der Waals surface area contributed by atoms with Crippen LogP contribution in [0.2, 0.25) is 0 Å². The van der Waals surface area contributed by atoms with Gasteiger partial charge in [-0.15, -0.1) is 0 Å². The Kier molecular flexibility index (Phi) is 22.7. The number of rotatable bonds is 21. The van der Waals surface area contributed by atoms with Gasteiger partial charge < -0.3 is 28.4 Å². The van der Waals surface area contributed by atoms with E-state index in [-0.39, 0.29) is 78.9 Å². The molecule has 148 heavy (non-hydrogen) atoms. The lowest BCUT2D eigenvalue weighted by atomic mass is 9.82. The maximum atomic E-state index is 16.6. The molecule has 18 aromatic carbocycles. The van der Waals surface area contributed by atoms with Gasteiger partial charge in [-0.1, -0.05) is 267 Å². The van der Waals surface area contributed by atoms with Crippen molar-refractivity contribution in [1.82, 2.24) is 0 Å². The summed E-state index contributed by atoms with van der Waals surface area (Å²) < 4.78 is 41.7. The molecule has 14 nitrogen and oxygen atoms in total. The zero-order valence-corrected chi connectivity index (χ0v) is 89.3. The largest absolute Gasteiger partial charge is 0.457 e. The molecule has 0 N–H and O–H groups in total. The molecule has 4 aliphatic rings. The van der Waals surface area contributed by atoms with E-state index in [1.165, 1.54) is 15.4 Å². The number of hydrogen-bond donors (Lipinski definition) is 0. The summed E-state index contributed by atoms with van der Waals surface area (Å²) in [6.45, 7) is 60.0. The number of aryl methyl sites for hydroxylation is 3. The molecule has 2 aliphatic carbocycles. The predicted octanol–water partition coefficient (Wildman–Crippen LogP) is 35.7. The van der Waals surface area contributed by atoms with Crippen molar-refractivity contribution >= 4 is 139 Å². The second-order valence-corrected chi connectivity index (χ2v) is 47.7. The maximum absolute atomic E-state index is 16.6.